The van der Waals surface area contributed by atoms with Crippen LogP contribution >= 0.6 is 0 Å². The van der Waals surface area contributed by atoms with Gasteiger partial charge < -0.3 is 10.1 Å². The molecule has 0 aliphatic carbocycles. The topological polar surface area (TPSA) is 84.5 Å². The molecule has 140 valence electrons. The molecule has 6 nitrogen and oxygen atoms in total. The standard InChI is InChI=1S/C19H24N2O4S/c1-5-14(3)21-26(23,24)16-9-7-15(8-10-16)19(22)20-17-12-13(2)6-11-18(17)25-4/h6-12,14,21H,5H2,1-4H3,(H,20,22)/t14-/m0/s1. The van der Waals surface area contributed by atoms with E-state index in [2.05, 4.69) is 10.0 Å². The molecule has 2 N–H and O–H groups in total. The van der Waals surface area contributed by atoms with Gasteiger partial charge >= 0.3 is 0 Å². The highest BCUT2D eigenvalue weighted by molar-refractivity contribution is 7.89. The van der Waals surface area contributed by atoms with Crippen molar-refractivity contribution in [1.29, 1.82) is 0 Å². The van der Waals surface area contributed by atoms with Crippen LogP contribution in [0.1, 0.15) is 36.2 Å². The molecule has 7 heteroatoms. The number of amides is 1. The third-order valence-electron chi connectivity index (χ3n) is 4.00. The van der Waals surface area contributed by atoms with Crippen molar-refractivity contribution in [2.45, 2.75) is 38.1 Å². The summed E-state index contributed by atoms with van der Waals surface area (Å²) >= 11 is 0. The largest absolute Gasteiger partial charge is 0.495 e. The van der Waals surface area contributed by atoms with Crippen molar-refractivity contribution in [3.8, 4) is 5.75 Å². The highest BCUT2D eigenvalue weighted by Gasteiger charge is 2.17. The lowest BCUT2D eigenvalue weighted by molar-refractivity contribution is 0.102. The van der Waals surface area contributed by atoms with E-state index in [1.165, 1.54) is 31.4 Å². The number of anilines is 1. The number of hydrogen-bond acceptors (Lipinski definition) is 4. The molecule has 1 amide bonds. The number of sulfonamides is 1. The number of carbonyl (C=O) groups excluding carboxylic acids is 1. The number of rotatable bonds is 7. The number of ether oxygens (including phenoxy) is 1. The van der Waals surface area contributed by atoms with Gasteiger partial charge in [-0.3, -0.25) is 4.79 Å². The Hall–Kier alpha value is -2.38. The van der Waals surface area contributed by atoms with Crippen molar-refractivity contribution in [2.75, 3.05) is 12.4 Å². The molecule has 2 rings (SSSR count). The summed E-state index contributed by atoms with van der Waals surface area (Å²) in [7, 11) is -2.06. The molecule has 1 atom stereocenters. The summed E-state index contributed by atoms with van der Waals surface area (Å²) < 4.78 is 32.4. The number of hydrogen-bond donors (Lipinski definition) is 2. The Morgan fingerprint density at radius 2 is 1.81 bits per heavy atom. The van der Waals surface area contributed by atoms with E-state index >= 15 is 0 Å². The molecule has 0 bridgehead atoms. The lowest BCUT2D eigenvalue weighted by Crippen LogP contribution is -2.32. The van der Waals surface area contributed by atoms with Gasteiger partial charge in [0.2, 0.25) is 10.0 Å². The van der Waals surface area contributed by atoms with Gasteiger partial charge in [-0.2, -0.15) is 0 Å². The molecule has 2 aromatic rings. The molecular weight excluding hydrogens is 352 g/mol. The zero-order valence-electron chi connectivity index (χ0n) is 15.4. The quantitative estimate of drug-likeness (QED) is 0.776. The van der Waals surface area contributed by atoms with E-state index in [1.54, 1.807) is 13.0 Å². The fourth-order valence-electron chi connectivity index (χ4n) is 2.32. The highest BCUT2D eigenvalue weighted by atomic mass is 32.2. The van der Waals surface area contributed by atoms with E-state index in [9.17, 15) is 13.2 Å². The lowest BCUT2D eigenvalue weighted by Gasteiger charge is -2.13. The molecular formula is C19H24N2O4S. The average molecular weight is 376 g/mol. The molecule has 26 heavy (non-hydrogen) atoms. The molecule has 0 aliphatic heterocycles. The number of carbonyl (C=O) groups is 1. The Bertz CT molecular complexity index is 877. The predicted octanol–water partition coefficient (Wildman–Crippen LogP) is 3.33. The maximum Gasteiger partial charge on any atom is 0.255 e. The van der Waals surface area contributed by atoms with E-state index in [0.717, 1.165) is 5.56 Å². The maximum absolute atomic E-state index is 12.4. The van der Waals surface area contributed by atoms with Crippen molar-refractivity contribution < 1.29 is 17.9 Å². The van der Waals surface area contributed by atoms with E-state index in [1.807, 2.05) is 26.0 Å². The molecule has 0 heterocycles. The Labute approximate surface area is 154 Å². The second kappa shape index (κ2) is 8.33. The Morgan fingerprint density at radius 1 is 1.15 bits per heavy atom. The summed E-state index contributed by atoms with van der Waals surface area (Å²) in [6.07, 6.45) is 0.693. The van der Waals surface area contributed by atoms with Crippen LogP contribution in [0.5, 0.6) is 5.75 Å². The number of aryl methyl sites for hydroxylation is 1. The summed E-state index contributed by atoms with van der Waals surface area (Å²) in [6, 6.07) is 11.1. The van der Waals surface area contributed by atoms with Crippen LogP contribution in [-0.2, 0) is 10.0 Å². The van der Waals surface area contributed by atoms with Gasteiger partial charge in [-0.05, 0) is 62.2 Å². The third kappa shape index (κ3) is 4.83. The molecule has 0 fully saturated rings. The molecule has 2 aromatic carbocycles. The van der Waals surface area contributed by atoms with Gasteiger partial charge in [-0.1, -0.05) is 13.0 Å². The first-order valence-electron chi connectivity index (χ1n) is 8.35. The Morgan fingerprint density at radius 3 is 2.38 bits per heavy atom. The number of benzene rings is 2. The fraction of sp³-hybridized carbons (Fsp3) is 0.316. The van der Waals surface area contributed by atoms with Crippen LogP contribution in [0.3, 0.4) is 0 Å². The zero-order chi connectivity index (χ0) is 19.3. The minimum absolute atomic E-state index is 0.127. The Kier molecular flexibility index (Phi) is 6.39. The predicted molar refractivity (Wildman–Crippen MR) is 102 cm³/mol. The van der Waals surface area contributed by atoms with Gasteiger partial charge in [-0.15, -0.1) is 0 Å². The first-order chi connectivity index (χ1) is 12.3. The van der Waals surface area contributed by atoms with Crippen LogP contribution in [0.25, 0.3) is 0 Å². The molecule has 0 radical (unpaired) electrons. The van der Waals surface area contributed by atoms with Gasteiger partial charge in [0.15, 0.2) is 0 Å². The van der Waals surface area contributed by atoms with E-state index in [0.29, 0.717) is 23.4 Å². The first-order valence-corrected chi connectivity index (χ1v) is 9.83. The van der Waals surface area contributed by atoms with Crippen LogP contribution in [0, 0.1) is 6.92 Å². The lowest BCUT2D eigenvalue weighted by atomic mass is 10.1. The normalized spacial score (nSPS) is 12.5. The summed E-state index contributed by atoms with van der Waals surface area (Å²) in [4.78, 5) is 12.6. The molecule has 0 unspecified atom stereocenters. The van der Waals surface area contributed by atoms with Crippen molar-refractivity contribution in [3.63, 3.8) is 0 Å². The van der Waals surface area contributed by atoms with Crippen molar-refractivity contribution >= 4 is 21.6 Å². The fourth-order valence-corrected chi connectivity index (χ4v) is 3.64. The summed E-state index contributed by atoms with van der Waals surface area (Å²) in [6.45, 7) is 5.62. The van der Waals surface area contributed by atoms with Crippen LogP contribution in [0.4, 0.5) is 5.69 Å². The first kappa shape index (κ1) is 19.9. The SMILES string of the molecule is CC[C@H](C)NS(=O)(=O)c1ccc(C(=O)Nc2cc(C)ccc2OC)cc1. The number of nitrogens with one attached hydrogen (secondary N) is 2. The van der Waals surface area contributed by atoms with Crippen LogP contribution in [0.2, 0.25) is 0 Å². The van der Waals surface area contributed by atoms with Gasteiger partial charge in [0.05, 0.1) is 17.7 Å². The van der Waals surface area contributed by atoms with Crippen molar-refractivity contribution in [3.05, 3.63) is 53.6 Å². The van der Waals surface area contributed by atoms with Crippen LogP contribution in [0.15, 0.2) is 47.4 Å². The van der Waals surface area contributed by atoms with E-state index in [-0.39, 0.29) is 16.8 Å². The molecule has 0 aromatic heterocycles. The average Bonchev–Trinajstić information content (AvgIpc) is 2.61. The molecule has 0 saturated heterocycles. The van der Waals surface area contributed by atoms with E-state index < -0.39 is 10.0 Å². The highest BCUT2D eigenvalue weighted by Crippen LogP contribution is 2.25. The maximum atomic E-state index is 12.4. The monoisotopic (exact) mass is 376 g/mol. The van der Waals surface area contributed by atoms with Gasteiger partial charge in [0.25, 0.3) is 5.91 Å². The van der Waals surface area contributed by atoms with Crippen molar-refractivity contribution in [2.24, 2.45) is 0 Å². The zero-order valence-corrected chi connectivity index (χ0v) is 16.2. The van der Waals surface area contributed by atoms with E-state index in [4.69, 9.17) is 4.74 Å². The third-order valence-corrected chi connectivity index (χ3v) is 5.60. The van der Waals surface area contributed by atoms with Crippen LogP contribution in [-0.4, -0.2) is 27.5 Å². The second-order valence-electron chi connectivity index (χ2n) is 6.11. The van der Waals surface area contributed by atoms with Gasteiger partial charge in [0.1, 0.15) is 5.75 Å². The molecule has 0 saturated carbocycles. The summed E-state index contributed by atoms with van der Waals surface area (Å²) in [5, 5.41) is 2.79. The molecule has 0 aliphatic rings. The molecule has 0 spiro atoms. The summed E-state index contributed by atoms with van der Waals surface area (Å²) in [5.41, 5.74) is 1.90. The smallest absolute Gasteiger partial charge is 0.255 e. The Balaban J connectivity index is 2.18. The minimum Gasteiger partial charge on any atom is -0.495 e. The van der Waals surface area contributed by atoms with Crippen LogP contribution < -0.4 is 14.8 Å². The minimum atomic E-state index is -3.59. The summed E-state index contributed by atoms with van der Waals surface area (Å²) in [5.74, 6) is 0.216. The van der Waals surface area contributed by atoms with Gasteiger partial charge in [0, 0.05) is 11.6 Å². The number of methoxy groups -OCH3 is 1. The second-order valence-corrected chi connectivity index (χ2v) is 7.83. The van der Waals surface area contributed by atoms with Crippen molar-refractivity contribution in [1.82, 2.24) is 4.72 Å². The van der Waals surface area contributed by atoms with Gasteiger partial charge in [-0.25, -0.2) is 13.1 Å².